The van der Waals surface area contributed by atoms with E-state index < -0.39 is 44.9 Å². The highest BCUT2D eigenvalue weighted by atomic mass is 32.2. The number of fused-ring (bicyclic) bond motifs is 2. The minimum Gasteiger partial charge on any atom is -0.458 e. The van der Waals surface area contributed by atoms with Gasteiger partial charge in [0.05, 0.1) is 5.41 Å². The second kappa shape index (κ2) is 7.37. The Morgan fingerprint density at radius 3 is 2.11 bits per heavy atom. The summed E-state index contributed by atoms with van der Waals surface area (Å²) in [5, 5.41) is -4.56. The quantitative estimate of drug-likeness (QED) is 0.397. The molecule has 2 unspecified atom stereocenters. The second-order valence-corrected chi connectivity index (χ2v) is 10.2. The molecule has 0 aromatic heterocycles. The maximum atomic E-state index is 13.3. The molecule has 28 heavy (non-hydrogen) atoms. The molecular formula is C18H26F2O7S. The molecule has 0 aromatic rings. The highest BCUT2D eigenvalue weighted by Gasteiger charge is 2.52. The lowest BCUT2D eigenvalue weighted by atomic mass is 9.58. The van der Waals surface area contributed by atoms with Gasteiger partial charge in [-0.25, -0.2) is 4.79 Å². The number of hydrogen-bond acceptors (Lipinski definition) is 6. The van der Waals surface area contributed by atoms with Gasteiger partial charge in [-0.05, 0) is 64.7 Å². The van der Waals surface area contributed by atoms with Crippen molar-refractivity contribution in [2.75, 3.05) is 6.61 Å². The number of carbonyl (C=O) groups excluding carboxylic acids is 2. The van der Waals surface area contributed by atoms with Crippen LogP contribution in [0.3, 0.4) is 0 Å². The summed E-state index contributed by atoms with van der Waals surface area (Å²) >= 11 is 0. The van der Waals surface area contributed by atoms with E-state index in [0.29, 0.717) is 31.3 Å². The molecule has 2 fully saturated rings. The molecule has 0 amide bonds. The van der Waals surface area contributed by atoms with E-state index in [9.17, 15) is 26.8 Å². The zero-order valence-corrected chi connectivity index (χ0v) is 17.0. The van der Waals surface area contributed by atoms with Crippen LogP contribution in [0, 0.1) is 17.3 Å². The molecule has 2 rings (SSSR count). The van der Waals surface area contributed by atoms with Crippen molar-refractivity contribution >= 4 is 22.1 Å². The van der Waals surface area contributed by atoms with Crippen molar-refractivity contribution in [1.29, 1.82) is 0 Å². The molecule has 0 radical (unpaired) electrons. The van der Waals surface area contributed by atoms with Crippen LogP contribution in [0.4, 0.5) is 8.78 Å². The lowest BCUT2D eigenvalue weighted by Crippen LogP contribution is -2.49. The summed E-state index contributed by atoms with van der Waals surface area (Å²) in [6.07, 6.45) is 2.56. The number of rotatable bonds is 6. The van der Waals surface area contributed by atoms with Crippen LogP contribution in [0.5, 0.6) is 0 Å². The molecule has 7 nitrogen and oxygen atoms in total. The largest absolute Gasteiger partial charge is 0.458 e. The van der Waals surface area contributed by atoms with Gasteiger partial charge >= 0.3 is 27.3 Å². The van der Waals surface area contributed by atoms with Crippen LogP contribution in [0.2, 0.25) is 0 Å². The van der Waals surface area contributed by atoms with E-state index in [1.54, 1.807) is 13.8 Å². The van der Waals surface area contributed by atoms with Crippen LogP contribution in [-0.4, -0.2) is 42.4 Å². The Hall–Kier alpha value is -1.55. The van der Waals surface area contributed by atoms with E-state index in [2.05, 4.69) is 11.3 Å². The Bertz CT molecular complexity index is 761. The minimum absolute atomic E-state index is 0.0232. The summed E-state index contributed by atoms with van der Waals surface area (Å²) in [7, 11) is -5.66. The van der Waals surface area contributed by atoms with Gasteiger partial charge in [0.1, 0.15) is 5.60 Å². The fraction of sp³-hybridized carbons (Fsp3) is 0.778. The average Bonchev–Trinajstić information content (AvgIpc) is 2.49. The van der Waals surface area contributed by atoms with Gasteiger partial charge in [-0.3, -0.25) is 9.35 Å². The number of carbonyl (C=O) groups is 2. The molecule has 0 aliphatic heterocycles. The van der Waals surface area contributed by atoms with Crippen molar-refractivity contribution in [2.24, 2.45) is 17.3 Å². The molecule has 1 N–H and O–H groups in total. The molecular weight excluding hydrogens is 398 g/mol. The third-order valence-corrected chi connectivity index (χ3v) is 6.39. The molecule has 0 aromatic carbocycles. The summed E-state index contributed by atoms with van der Waals surface area (Å²) in [6.45, 7) is 6.83. The zero-order valence-electron chi connectivity index (χ0n) is 16.2. The number of ether oxygens (including phenoxy) is 2. The predicted octanol–water partition coefficient (Wildman–Crippen LogP) is 3.10. The summed E-state index contributed by atoms with van der Waals surface area (Å²) in [5.74, 6) is -1.35. The molecule has 0 saturated heterocycles. The van der Waals surface area contributed by atoms with Gasteiger partial charge in [-0.2, -0.15) is 17.2 Å². The van der Waals surface area contributed by atoms with E-state index in [-0.39, 0.29) is 11.8 Å². The molecule has 0 spiro atoms. The van der Waals surface area contributed by atoms with Gasteiger partial charge < -0.3 is 9.47 Å². The highest BCUT2D eigenvalue weighted by Crippen LogP contribution is 2.53. The van der Waals surface area contributed by atoms with Crippen LogP contribution in [0.1, 0.15) is 52.9 Å². The Morgan fingerprint density at radius 2 is 1.68 bits per heavy atom. The third kappa shape index (κ3) is 4.89. The van der Waals surface area contributed by atoms with Gasteiger partial charge in [-0.1, -0.05) is 6.58 Å². The van der Waals surface area contributed by atoms with Crippen molar-refractivity contribution in [2.45, 2.75) is 63.7 Å². The first kappa shape index (κ1) is 22.7. The molecule has 2 bridgehead atoms. The molecule has 2 aliphatic rings. The monoisotopic (exact) mass is 424 g/mol. The molecule has 2 saturated carbocycles. The first-order valence-corrected chi connectivity index (χ1v) is 10.4. The molecule has 2 aliphatic carbocycles. The van der Waals surface area contributed by atoms with Gasteiger partial charge in [0.2, 0.25) is 0 Å². The van der Waals surface area contributed by atoms with Gasteiger partial charge in [-0.15, -0.1) is 0 Å². The maximum Gasteiger partial charge on any atom is 0.402 e. The minimum atomic E-state index is -5.66. The van der Waals surface area contributed by atoms with Crippen molar-refractivity contribution in [3.63, 3.8) is 0 Å². The SMILES string of the molecule is C=C(C)C(=O)OC1(C)CC2CC(C1)CC(C)(C(=O)OCC(F)(F)S(=O)(=O)O)C2. The molecule has 160 valence electrons. The fourth-order valence-electron chi connectivity index (χ4n) is 4.57. The van der Waals surface area contributed by atoms with E-state index in [0.717, 1.165) is 6.42 Å². The summed E-state index contributed by atoms with van der Waals surface area (Å²) in [4.78, 5) is 24.3. The van der Waals surface area contributed by atoms with Gasteiger partial charge in [0.15, 0.2) is 6.61 Å². The molecule has 2 atom stereocenters. The number of esters is 2. The maximum absolute atomic E-state index is 13.3. The normalized spacial score (nSPS) is 33.1. The lowest BCUT2D eigenvalue weighted by molar-refractivity contribution is -0.175. The van der Waals surface area contributed by atoms with E-state index in [1.165, 1.54) is 0 Å². The van der Waals surface area contributed by atoms with Crippen molar-refractivity contribution in [3.05, 3.63) is 12.2 Å². The van der Waals surface area contributed by atoms with Crippen molar-refractivity contribution in [3.8, 4) is 0 Å². The smallest absolute Gasteiger partial charge is 0.402 e. The van der Waals surface area contributed by atoms with Gasteiger partial charge in [0.25, 0.3) is 0 Å². The zero-order chi connectivity index (χ0) is 21.5. The fourth-order valence-corrected chi connectivity index (χ4v) is 4.78. The predicted molar refractivity (Wildman–Crippen MR) is 94.9 cm³/mol. The van der Waals surface area contributed by atoms with Crippen LogP contribution in [0.15, 0.2) is 12.2 Å². The van der Waals surface area contributed by atoms with Crippen molar-refractivity contribution < 1.29 is 40.8 Å². The number of alkyl halides is 2. The summed E-state index contributed by atoms with van der Waals surface area (Å²) in [6, 6.07) is 0. The van der Waals surface area contributed by atoms with Crippen LogP contribution in [-0.2, 0) is 29.2 Å². The Morgan fingerprint density at radius 1 is 1.18 bits per heavy atom. The lowest BCUT2D eigenvalue weighted by Gasteiger charge is -2.49. The number of halogens is 2. The van der Waals surface area contributed by atoms with Crippen molar-refractivity contribution in [1.82, 2.24) is 0 Å². The Kier molecular flexibility index (Phi) is 5.98. The van der Waals surface area contributed by atoms with E-state index in [1.807, 2.05) is 6.92 Å². The standard InChI is InChI=1S/C18H26F2O7S/c1-11(2)14(21)27-17(4)8-12-5-13(9-17)7-16(3,6-12)15(22)26-10-18(19,20)28(23,24)25/h12-13H,1,5-10H2,2-4H3,(H,23,24,25). The van der Waals surface area contributed by atoms with Gasteiger partial charge in [0, 0.05) is 5.57 Å². The van der Waals surface area contributed by atoms with Crippen LogP contribution < -0.4 is 0 Å². The second-order valence-electron chi connectivity index (χ2n) is 8.65. The first-order chi connectivity index (χ1) is 12.6. The van der Waals surface area contributed by atoms with Crippen LogP contribution in [0.25, 0.3) is 0 Å². The molecule has 10 heteroatoms. The van der Waals surface area contributed by atoms with E-state index in [4.69, 9.17) is 9.29 Å². The van der Waals surface area contributed by atoms with Crippen LogP contribution >= 0.6 is 0 Å². The Balaban J connectivity index is 2.04. The Labute approximate surface area is 163 Å². The summed E-state index contributed by atoms with van der Waals surface area (Å²) < 4.78 is 66.6. The average molecular weight is 424 g/mol. The molecule has 0 heterocycles. The first-order valence-electron chi connectivity index (χ1n) is 8.98. The van der Waals surface area contributed by atoms with E-state index >= 15 is 0 Å². The third-order valence-electron chi connectivity index (χ3n) is 5.52. The number of hydrogen-bond donors (Lipinski definition) is 1. The summed E-state index contributed by atoms with van der Waals surface area (Å²) in [5.41, 5.74) is -1.44. The highest BCUT2D eigenvalue weighted by molar-refractivity contribution is 7.86. The topological polar surface area (TPSA) is 107 Å².